The van der Waals surface area contributed by atoms with E-state index in [2.05, 4.69) is 45.4 Å². The lowest BCUT2D eigenvalue weighted by atomic mass is 10.3. The molecule has 2 rings (SSSR count). The van der Waals surface area contributed by atoms with Crippen LogP contribution in [0.15, 0.2) is 30.7 Å². The van der Waals surface area contributed by atoms with Crippen LogP contribution in [0.5, 0.6) is 0 Å². The van der Waals surface area contributed by atoms with Crippen molar-refractivity contribution in [1.29, 1.82) is 0 Å². The summed E-state index contributed by atoms with van der Waals surface area (Å²) in [5.41, 5.74) is 1.36. The van der Waals surface area contributed by atoms with Gasteiger partial charge in [-0.2, -0.15) is 0 Å². The predicted molar refractivity (Wildman–Crippen MR) is 71.1 cm³/mol. The van der Waals surface area contributed by atoms with Gasteiger partial charge in [0.15, 0.2) is 0 Å². The maximum absolute atomic E-state index is 3.94. The molecule has 2 aromatic rings. The Balaban J connectivity index is 1.64. The molecule has 0 saturated heterocycles. The van der Waals surface area contributed by atoms with E-state index in [1.54, 1.807) is 6.20 Å². The van der Waals surface area contributed by atoms with E-state index in [1.807, 2.05) is 10.9 Å². The monoisotopic (exact) mass is 247 g/mol. The van der Waals surface area contributed by atoms with Gasteiger partial charge in [-0.25, -0.2) is 0 Å². The van der Waals surface area contributed by atoms with Crippen LogP contribution in [-0.2, 0) is 19.6 Å². The fraction of sp³-hybridized carbons (Fsp3) is 0.538. The van der Waals surface area contributed by atoms with Gasteiger partial charge in [-0.1, -0.05) is 12.1 Å². The van der Waals surface area contributed by atoms with E-state index in [9.17, 15) is 0 Å². The van der Waals surface area contributed by atoms with Crippen LogP contribution in [0.4, 0.5) is 0 Å². The highest BCUT2D eigenvalue weighted by atomic mass is 15.4. The van der Waals surface area contributed by atoms with Gasteiger partial charge in [0.2, 0.25) is 0 Å². The minimum absolute atomic E-state index is 0.920. The van der Waals surface area contributed by atoms with Crippen LogP contribution in [0.3, 0.4) is 0 Å². The van der Waals surface area contributed by atoms with Gasteiger partial charge in [0.25, 0.3) is 0 Å². The van der Waals surface area contributed by atoms with E-state index in [4.69, 9.17) is 0 Å². The minimum atomic E-state index is 0.920. The van der Waals surface area contributed by atoms with Gasteiger partial charge in [0, 0.05) is 37.7 Å². The quantitative estimate of drug-likeness (QED) is 0.722. The molecule has 0 bridgehead atoms. The molecule has 98 valence electrons. The van der Waals surface area contributed by atoms with E-state index in [0.717, 1.165) is 32.6 Å². The van der Waals surface area contributed by atoms with E-state index < -0.39 is 0 Å². The third-order valence-electron chi connectivity index (χ3n) is 2.91. The second-order valence-corrected chi connectivity index (χ2v) is 4.39. The third-order valence-corrected chi connectivity index (χ3v) is 2.91. The van der Waals surface area contributed by atoms with Gasteiger partial charge in [0.05, 0.1) is 6.20 Å². The van der Waals surface area contributed by atoms with Crippen molar-refractivity contribution < 1.29 is 0 Å². The first-order valence-corrected chi connectivity index (χ1v) is 6.59. The topological polar surface area (TPSA) is 47.7 Å². The Labute approximate surface area is 108 Å². The highest BCUT2D eigenvalue weighted by Gasteiger charge is 1.99. The minimum Gasteiger partial charge on any atom is -0.350 e. The highest BCUT2D eigenvalue weighted by Crippen LogP contribution is 2.03. The standard InChI is InChI=1S/C13H21N5/c1-2-8-17-9-3-5-13(17)12-14-6-4-10-18-11-7-15-16-18/h3,5,7,9,11,14H,2,4,6,8,10,12H2,1H3. The Kier molecular flexibility index (Phi) is 4.96. The molecule has 0 radical (unpaired) electrons. The Morgan fingerprint density at radius 1 is 1.28 bits per heavy atom. The first-order valence-electron chi connectivity index (χ1n) is 6.59. The molecule has 0 aliphatic rings. The molecule has 2 aromatic heterocycles. The molecular weight excluding hydrogens is 226 g/mol. The molecule has 18 heavy (non-hydrogen) atoms. The molecule has 5 nitrogen and oxygen atoms in total. The molecule has 0 aliphatic carbocycles. The van der Waals surface area contributed by atoms with Crippen molar-refractivity contribution in [2.75, 3.05) is 6.54 Å². The second kappa shape index (κ2) is 6.96. The summed E-state index contributed by atoms with van der Waals surface area (Å²) in [5, 5.41) is 11.2. The molecule has 0 atom stereocenters. The summed E-state index contributed by atoms with van der Waals surface area (Å²) >= 11 is 0. The van der Waals surface area contributed by atoms with Gasteiger partial charge in [-0.3, -0.25) is 4.68 Å². The predicted octanol–water partition coefficient (Wildman–Crippen LogP) is 1.67. The van der Waals surface area contributed by atoms with Crippen molar-refractivity contribution in [2.24, 2.45) is 0 Å². The van der Waals surface area contributed by atoms with Gasteiger partial charge in [-0.05, 0) is 31.5 Å². The van der Waals surface area contributed by atoms with E-state index in [0.29, 0.717) is 0 Å². The Morgan fingerprint density at radius 3 is 3.00 bits per heavy atom. The molecule has 2 heterocycles. The van der Waals surface area contributed by atoms with Crippen LogP contribution >= 0.6 is 0 Å². The summed E-state index contributed by atoms with van der Waals surface area (Å²) in [6, 6.07) is 4.29. The molecule has 0 aromatic carbocycles. The number of nitrogens with one attached hydrogen (secondary N) is 1. The zero-order valence-corrected chi connectivity index (χ0v) is 10.9. The van der Waals surface area contributed by atoms with Gasteiger partial charge >= 0.3 is 0 Å². The van der Waals surface area contributed by atoms with Crippen molar-refractivity contribution in [3.63, 3.8) is 0 Å². The van der Waals surface area contributed by atoms with Crippen LogP contribution in [0.25, 0.3) is 0 Å². The molecule has 0 amide bonds. The Morgan fingerprint density at radius 2 is 2.22 bits per heavy atom. The third kappa shape index (κ3) is 3.70. The molecule has 0 aliphatic heterocycles. The van der Waals surface area contributed by atoms with Crippen LogP contribution in [-0.4, -0.2) is 26.1 Å². The lowest BCUT2D eigenvalue weighted by Crippen LogP contribution is -2.18. The average molecular weight is 247 g/mol. The number of hydrogen-bond acceptors (Lipinski definition) is 3. The number of nitrogens with zero attached hydrogens (tertiary/aromatic N) is 4. The number of aromatic nitrogens is 4. The fourth-order valence-corrected chi connectivity index (χ4v) is 2.00. The maximum atomic E-state index is 3.94. The smallest absolute Gasteiger partial charge is 0.0692 e. The Hall–Kier alpha value is -1.62. The molecule has 0 saturated carbocycles. The average Bonchev–Trinajstić information content (AvgIpc) is 3.01. The maximum Gasteiger partial charge on any atom is 0.0692 e. The van der Waals surface area contributed by atoms with E-state index in [-0.39, 0.29) is 0 Å². The fourth-order valence-electron chi connectivity index (χ4n) is 2.00. The van der Waals surface area contributed by atoms with Crippen molar-refractivity contribution in [3.05, 3.63) is 36.4 Å². The van der Waals surface area contributed by atoms with Crippen molar-refractivity contribution in [1.82, 2.24) is 24.9 Å². The molecule has 0 spiro atoms. The highest BCUT2D eigenvalue weighted by molar-refractivity contribution is 5.06. The first-order chi connectivity index (χ1) is 8.90. The summed E-state index contributed by atoms with van der Waals surface area (Å²) in [6.45, 7) is 6.16. The molecule has 0 fully saturated rings. The van der Waals surface area contributed by atoms with Gasteiger partial charge in [0.1, 0.15) is 0 Å². The Bertz CT molecular complexity index is 432. The number of rotatable bonds is 8. The normalized spacial score (nSPS) is 10.9. The van der Waals surface area contributed by atoms with E-state index in [1.165, 1.54) is 12.1 Å². The van der Waals surface area contributed by atoms with Crippen molar-refractivity contribution in [2.45, 2.75) is 39.4 Å². The SMILES string of the molecule is CCCn1cccc1CNCCCn1ccnn1. The largest absolute Gasteiger partial charge is 0.350 e. The van der Waals surface area contributed by atoms with Crippen LogP contribution in [0.1, 0.15) is 25.5 Å². The molecular formula is C13H21N5. The van der Waals surface area contributed by atoms with Crippen LogP contribution < -0.4 is 5.32 Å². The first kappa shape index (κ1) is 12.8. The van der Waals surface area contributed by atoms with Crippen molar-refractivity contribution in [3.8, 4) is 0 Å². The second-order valence-electron chi connectivity index (χ2n) is 4.39. The summed E-state index contributed by atoms with van der Waals surface area (Å²) in [5.74, 6) is 0. The van der Waals surface area contributed by atoms with Crippen LogP contribution in [0.2, 0.25) is 0 Å². The molecule has 1 N–H and O–H groups in total. The van der Waals surface area contributed by atoms with Crippen LogP contribution in [0, 0.1) is 0 Å². The lowest BCUT2D eigenvalue weighted by molar-refractivity contribution is 0.521. The number of hydrogen-bond donors (Lipinski definition) is 1. The summed E-state index contributed by atoms with van der Waals surface area (Å²) in [4.78, 5) is 0. The summed E-state index contributed by atoms with van der Waals surface area (Å²) in [6.07, 6.45) is 8.00. The molecule has 0 unspecified atom stereocenters. The zero-order chi connectivity index (χ0) is 12.6. The van der Waals surface area contributed by atoms with Crippen molar-refractivity contribution >= 4 is 0 Å². The van der Waals surface area contributed by atoms with Gasteiger partial charge in [-0.15, -0.1) is 5.10 Å². The lowest BCUT2D eigenvalue weighted by Gasteiger charge is -2.09. The van der Waals surface area contributed by atoms with Gasteiger partial charge < -0.3 is 9.88 Å². The molecule has 5 heteroatoms. The summed E-state index contributed by atoms with van der Waals surface area (Å²) < 4.78 is 4.17. The van der Waals surface area contributed by atoms with E-state index >= 15 is 0 Å². The number of aryl methyl sites for hydroxylation is 2. The summed E-state index contributed by atoms with van der Waals surface area (Å²) in [7, 11) is 0. The zero-order valence-electron chi connectivity index (χ0n) is 10.9.